The first kappa shape index (κ1) is 22.3. The Morgan fingerprint density at radius 1 is 1.03 bits per heavy atom. The van der Waals surface area contributed by atoms with Crippen molar-refractivity contribution in [3.05, 3.63) is 56.7 Å². The second-order valence-electron chi connectivity index (χ2n) is 8.29. The third-order valence-corrected chi connectivity index (χ3v) is 6.60. The number of rotatable bonds is 7. The van der Waals surface area contributed by atoms with Gasteiger partial charge in [0.25, 0.3) is 5.69 Å². The molecule has 0 atom stereocenters. The molecule has 4 heterocycles. The van der Waals surface area contributed by atoms with Gasteiger partial charge in [0.1, 0.15) is 17.3 Å². The summed E-state index contributed by atoms with van der Waals surface area (Å²) in [5.41, 5.74) is 3.76. The number of non-ortho nitro benzene ring substituents is 1. The fourth-order valence-corrected chi connectivity index (χ4v) is 4.75. The number of benzene rings is 1. The van der Waals surface area contributed by atoms with Crippen LogP contribution >= 0.6 is 15.9 Å². The molecule has 2 aliphatic rings. The van der Waals surface area contributed by atoms with E-state index in [2.05, 4.69) is 41.2 Å². The van der Waals surface area contributed by atoms with E-state index in [1.165, 1.54) is 25.0 Å². The molecule has 0 spiro atoms. The Morgan fingerprint density at radius 2 is 1.76 bits per heavy atom. The summed E-state index contributed by atoms with van der Waals surface area (Å²) in [7, 11) is 0. The number of nitrogens with zero attached hydrogens (tertiary/aromatic N) is 6. The van der Waals surface area contributed by atoms with Crippen molar-refractivity contribution in [1.29, 1.82) is 0 Å². The molecule has 0 amide bonds. The first-order valence-electron chi connectivity index (χ1n) is 11.3. The second-order valence-corrected chi connectivity index (χ2v) is 9.15. The molecule has 34 heavy (non-hydrogen) atoms. The quantitative estimate of drug-likeness (QED) is 0.259. The highest BCUT2D eigenvalue weighted by Gasteiger charge is 2.20. The summed E-state index contributed by atoms with van der Waals surface area (Å²) in [5, 5.41) is 15.3. The SMILES string of the molecule is O=[N+]([O-])c1ccc(-c2ccc(/C=N\Nc3cc(N4CCCC4)nc(N4CCCC4)n3)o2)c(Br)c1. The van der Waals surface area contributed by atoms with E-state index in [4.69, 9.17) is 9.40 Å². The zero-order valence-corrected chi connectivity index (χ0v) is 20.1. The van der Waals surface area contributed by atoms with Crippen LogP contribution in [0.15, 0.2) is 50.4 Å². The number of hydrogen-bond donors (Lipinski definition) is 1. The van der Waals surface area contributed by atoms with Gasteiger partial charge >= 0.3 is 0 Å². The zero-order chi connectivity index (χ0) is 23.5. The van der Waals surface area contributed by atoms with Crippen molar-refractivity contribution in [3.8, 4) is 11.3 Å². The number of nitro groups is 1. The highest BCUT2D eigenvalue weighted by Crippen LogP contribution is 2.32. The first-order valence-corrected chi connectivity index (χ1v) is 12.1. The van der Waals surface area contributed by atoms with Gasteiger partial charge in [0.15, 0.2) is 5.82 Å². The minimum absolute atomic E-state index is 0.0135. The van der Waals surface area contributed by atoms with Gasteiger partial charge in [0, 0.05) is 54.4 Å². The van der Waals surface area contributed by atoms with Crippen molar-refractivity contribution in [1.82, 2.24) is 9.97 Å². The molecule has 0 unspecified atom stereocenters. The molecule has 2 saturated heterocycles. The maximum Gasteiger partial charge on any atom is 0.270 e. The Labute approximate surface area is 205 Å². The van der Waals surface area contributed by atoms with Gasteiger partial charge in [-0.1, -0.05) is 0 Å². The van der Waals surface area contributed by atoms with Crippen LogP contribution in [0.25, 0.3) is 11.3 Å². The van der Waals surface area contributed by atoms with Gasteiger partial charge in [-0.25, -0.2) is 0 Å². The van der Waals surface area contributed by atoms with Crippen molar-refractivity contribution < 1.29 is 9.34 Å². The van der Waals surface area contributed by atoms with E-state index in [0.29, 0.717) is 21.8 Å². The van der Waals surface area contributed by atoms with E-state index in [1.54, 1.807) is 24.4 Å². The molecule has 2 fully saturated rings. The normalized spacial score (nSPS) is 16.0. The Balaban J connectivity index is 1.32. The number of halogens is 1. The molecule has 10 nitrogen and oxygen atoms in total. The van der Waals surface area contributed by atoms with Crippen molar-refractivity contribution in [2.24, 2.45) is 5.10 Å². The van der Waals surface area contributed by atoms with Crippen molar-refractivity contribution in [3.63, 3.8) is 0 Å². The number of hydrazone groups is 1. The highest BCUT2D eigenvalue weighted by molar-refractivity contribution is 9.10. The van der Waals surface area contributed by atoms with Crippen LogP contribution < -0.4 is 15.2 Å². The molecule has 0 radical (unpaired) electrons. The number of aromatic nitrogens is 2. The monoisotopic (exact) mass is 525 g/mol. The van der Waals surface area contributed by atoms with E-state index in [0.717, 1.165) is 56.4 Å². The summed E-state index contributed by atoms with van der Waals surface area (Å²) in [6.45, 7) is 3.96. The van der Waals surface area contributed by atoms with Crippen molar-refractivity contribution in [2.75, 3.05) is 41.4 Å². The van der Waals surface area contributed by atoms with Gasteiger partial charge in [0.2, 0.25) is 5.95 Å². The number of anilines is 3. The maximum absolute atomic E-state index is 11.0. The van der Waals surface area contributed by atoms with Gasteiger partial charge in [-0.2, -0.15) is 15.1 Å². The van der Waals surface area contributed by atoms with Crippen LogP contribution in [-0.4, -0.2) is 47.3 Å². The molecular formula is C23H24BrN7O3. The van der Waals surface area contributed by atoms with Crippen molar-refractivity contribution >= 4 is 45.4 Å². The summed E-state index contributed by atoms with van der Waals surface area (Å²) in [4.78, 5) is 24.5. The Kier molecular flexibility index (Phi) is 6.43. The predicted molar refractivity (Wildman–Crippen MR) is 135 cm³/mol. The van der Waals surface area contributed by atoms with Crippen LogP contribution in [0.1, 0.15) is 31.4 Å². The number of nitro benzene ring substituents is 1. The lowest BCUT2D eigenvalue weighted by Gasteiger charge is -2.21. The molecule has 11 heteroatoms. The molecular weight excluding hydrogens is 502 g/mol. The molecule has 5 rings (SSSR count). The highest BCUT2D eigenvalue weighted by atomic mass is 79.9. The summed E-state index contributed by atoms with van der Waals surface area (Å²) < 4.78 is 6.45. The Hall–Kier alpha value is -3.47. The van der Waals surface area contributed by atoms with Crippen LogP contribution in [0.2, 0.25) is 0 Å². The van der Waals surface area contributed by atoms with Crippen molar-refractivity contribution in [2.45, 2.75) is 25.7 Å². The standard InChI is InChI=1S/C23H24BrN7O3/c24-19-13-16(31(32)33)5-7-18(19)20-8-6-17(34-20)15-25-28-21-14-22(29-9-1-2-10-29)27-23(26-21)30-11-3-4-12-30/h5-8,13-15H,1-4,9-12H2,(H,26,27,28)/b25-15-. The molecule has 1 aromatic carbocycles. The summed E-state index contributed by atoms with van der Waals surface area (Å²) in [6.07, 6.45) is 6.25. The number of nitrogens with one attached hydrogen (secondary N) is 1. The second kappa shape index (κ2) is 9.80. The Morgan fingerprint density at radius 3 is 2.47 bits per heavy atom. The van der Waals surface area contributed by atoms with Crippen LogP contribution in [0, 0.1) is 10.1 Å². The third-order valence-electron chi connectivity index (χ3n) is 5.95. The molecule has 176 valence electrons. The van der Waals surface area contributed by atoms with Crippen LogP contribution in [0.5, 0.6) is 0 Å². The minimum Gasteiger partial charge on any atom is -0.455 e. The van der Waals surface area contributed by atoms with Crippen LogP contribution in [0.3, 0.4) is 0 Å². The van der Waals surface area contributed by atoms with Crippen LogP contribution in [-0.2, 0) is 0 Å². The van der Waals surface area contributed by atoms with E-state index >= 15 is 0 Å². The topological polar surface area (TPSA) is 113 Å². The fourth-order valence-electron chi connectivity index (χ4n) is 4.19. The van der Waals surface area contributed by atoms with Gasteiger partial charge in [-0.05, 0) is 59.8 Å². The number of furan rings is 1. The average Bonchev–Trinajstić information content (AvgIpc) is 3.62. The molecule has 0 aliphatic carbocycles. The molecule has 3 aromatic rings. The summed E-state index contributed by atoms with van der Waals surface area (Å²) in [5.74, 6) is 3.43. The lowest BCUT2D eigenvalue weighted by Crippen LogP contribution is -2.24. The Bertz CT molecular complexity index is 1180. The van der Waals surface area contributed by atoms with E-state index in [9.17, 15) is 10.1 Å². The van der Waals surface area contributed by atoms with Gasteiger partial charge in [-0.3, -0.25) is 15.5 Å². The van der Waals surface area contributed by atoms with Gasteiger partial charge in [0.05, 0.1) is 11.1 Å². The zero-order valence-electron chi connectivity index (χ0n) is 18.5. The largest absolute Gasteiger partial charge is 0.455 e. The molecule has 2 aromatic heterocycles. The van der Waals surface area contributed by atoms with E-state index < -0.39 is 4.92 Å². The first-order chi connectivity index (χ1) is 16.6. The molecule has 0 bridgehead atoms. The van der Waals surface area contributed by atoms with Crippen LogP contribution in [0.4, 0.5) is 23.3 Å². The average molecular weight is 526 g/mol. The third kappa shape index (κ3) is 4.89. The van der Waals surface area contributed by atoms with Gasteiger partial charge in [-0.15, -0.1) is 0 Å². The van der Waals surface area contributed by atoms with E-state index in [-0.39, 0.29) is 5.69 Å². The van der Waals surface area contributed by atoms with Gasteiger partial charge < -0.3 is 14.2 Å². The molecule has 1 N–H and O–H groups in total. The lowest BCUT2D eigenvalue weighted by molar-refractivity contribution is -0.384. The summed E-state index contributed by atoms with van der Waals surface area (Å²) >= 11 is 3.38. The summed E-state index contributed by atoms with van der Waals surface area (Å²) in [6, 6.07) is 10.1. The predicted octanol–water partition coefficient (Wildman–Crippen LogP) is 5.05. The smallest absolute Gasteiger partial charge is 0.270 e. The molecule has 0 saturated carbocycles. The maximum atomic E-state index is 11.0. The minimum atomic E-state index is -0.433. The fraction of sp³-hybridized carbons (Fsp3) is 0.348. The number of hydrogen-bond acceptors (Lipinski definition) is 9. The van der Waals surface area contributed by atoms with E-state index in [1.807, 2.05) is 6.07 Å². The molecule has 2 aliphatic heterocycles. The lowest BCUT2D eigenvalue weighted by atomic mass is 10.1.